The minimum atomic E-state index is -0.273. The van der Waals surface area contributed by atoms with Crippen LogP contribution in [-0.2, 0) is 17.6 Å². The molecule has 1 amide bonds. The topological polar surface area (TPSA) is 82.7 Å². The number of amides is 1. The van der Waals surface area contributed by atoms with E-state index in [1.807, 2.05) is 12.1 Å². The van der Waals surface area contributed by atoms with Crippen LogP contribution in [0.2, 0.25) is 10.0 Å². The summed E-state index contributed by atoms with van der Waals surface area (Å²) in [6, 6.07) is 7.72. The lowest BCUT2D eigenvalue weighted by Crippen LogP contribution is -2.28. The lowest BCUT2D eigenvalue weighted by molar-refractivity contribution is -0.111. The first-order chi connectivity index (χ1) is 18.7. The number of hydrogen-bond donors (Lipinski definition) is 2. The summed E-state index contributed by atoms with van der Waals surface area (Å²) in [6.45, 7) is 5.37. The largest absolute Gasteiger partial charge is 0.495 e. The van der Waals surface area contributed by atoms with Crippen molar-refractivity contribution in [2.45, 2.75) is 25.2 Å². The molecule has 0 radical (unpaired) electrons. The number of aromatic nitrogens is 2. The number of ether oxygens (including phenoxy) is 2. The van der Waals surface area contributed by atoms with Crippen molar-refractivity contribution in [3.05, 3.63) is 63.8 Å². The fourth-order valence-electron chi connectivity index (χ4n) is 4.98. The number of fused-ring (bicyclic) bond motifs is 1. The van der Waals surface area contributed by atoms with Crippen molar-refractivity contribution < 1.29 is 14.3 Å². The van der Waals surface area contributed by atoms with Gasteiger partial charge in [0.05, 0.1) is 35.6 Å². The maximum absolute atomic E-state index is 12.2. The molecule has 0 saturated carbocycles. The van der Waals surface area contributed by atoms with Gasteiger partial charge in [0, 0.05) is 54.3 Å². The highest BCUT2D eigenvalue weighted by Gasteiger charge is 2.31. The standard InChI is InChI=1S/C29H35Cl2N5O3/c1-7-25(37)32-21-11-9-18(36(4)13-12-35(2)3)15-20(21)29-19-10-8-17(14-22(19)33-34-29)26-27(30)23(38-5)16-24(39-6)28(26)31/h7,9,11,15-17H,1,8,10,12-14H2,2-6H3,(H,32,37)(H,33,34)/t17-/m0/s1. The third-order valence-electron chi connectivity index (χ3n) is 7.19. The van der Waals surface area contributed by atoms with Gasteiger partial charge in [-0.2, -0.15) is 5.10 Å². The van der Waals surface area contributed by atoms with Crippen LogP contribution in [0.4, 0.5) is 11.4 Å². The molecule has 0 unspecified atom stereocenters. The second-order valence-corrected chi connectivity index (χ2v) is 10.7. The van der Waals surface area contributed by atoms with Crippen LogP contribution < -0.4 is 19.7 Å². The van der Waals surface area contributed by atoms with Crippen molar-refractivity contribution >= 4 is 40.5 Å². The summed E-state index contributed by atoms with van der Waals surface area (Å²) in [6.07, 6.45) is 3.51. The number of aromatic amines is 1. The third-order valence-corrected chi connectivity index (χ3v) is 7.97. The molecule has 10 heteroatoms. The number of nitrogens with one attached hydrogen (secondary N) is 2. The van der Waals surface area contributed by atoms with Gasteiger partial charge in [-0.15, -0.1) is 0 Å². The van der Waals surface area contributed by atoms with Crippen molar-refractivity contribution in [3.8, 4) is 22.8 Å². The molecule has 2 N–H and O–H groups in total. The SMILES string of the molecule is C=CC(=O)Nc1ccc(N(C)CCN(C)C)cc1-c1n[nH]c2c1CC[C@H](c1c(Cl)c(OC)cc(OC)c1Cl)C2. The number of carbonyl (C=O) groups excluding carboxylic acids is 1. The number of rotatable bonds is 10. The molecule has 0 saturated heterocycles. The number of nitrogens with zero attached hydrogens (tertiary/aromatic N) is 3. The minimum Gasteiger partial charge on any atom is -0.495 e. The lowest BCUT2D eigenvalue weighted by atomic mass is 9.81. The Bertz CT molecular complexity index is 1340. The first kappa shape index (κ1) is 28.8. The van der Waals surface area contributed by atoms with Gasteiger partial charge in [-0.25, -0.2) is 0 Å². The van der Waals surface area contributed by atoms with E-state index in [2.05, 4.69) is 54.0 Å². The summed E-state index contributed by atoms with van der Waals surface area (Å²) >= 11 is 13.5. The quantitative estimate of drug-likeness (QED) is 0.299. The summed E-state index contributed by atoms with van der Waals surface area (Å²) in [7, 11) is 9.32. The fraction of sp³-hybridized carbons (Fsp3) is 0.379. The van der Waals surface area contributed by atoms with Crippen molar-refractivity contribution in [3.63, 3.8) is 0 Å². The molecule has 1 aliphatic carbocycles. The van der Waals surface area contributed by atoms with Gasteiger partial charge in [-0.1, -0.05) is 29.8 Å². The maximum atomic E-state index is 12.2. The Morgan fingerprint density at radius 1 is 1.15 bits per heavy atom. The zero-order chi connectivity index (χ0) is 28.3. The summed E-state index contributed by atoms with van der Waals surface area (Å²) in [5, 5.41) is 11.9. The molecule has 208 valence electrons. The van der Waals surface area contributed by atoms with Gasteiger partial charge in [-0.3, -0.25) is 9.89 Å². The van der Waals surface area contributed by atoms with E-state index in [4.69, 9.17) is 37.8 Å². The van der Waals surface area contributed by atoms with Crippen LogP contribution in [0.25, 0.3) is 11.3 Å². The number of halogens is 2. The van der Waals surface area contributed by atoms with E-state index >= 15 is 0 Å². The van der Waals surface area contributed by atoms with E-state index in [1.165, 1.54) is 6.08 Å². The Kier molecular flexibility index (Phi) is 9.10. The molecule has 0 aliphatic heterocycles. The zero-order valence-corrected chi connectivity index (χ0v) is 24.5. The highest BCUT2D eigenvalue weighted by molar-refractivity contribution is 6.38. The van der Waals surface area contributed by atoms with Crippen LogP contribution in [0.3, 0.4) is 0 Å². The van der Waals surface area contributed by atoms with Gasteiger partial charge in [0.1, 0.15) is 11.5 Å². The molecule has 1 aromatic heterocycles. The highest BCUT2D eigenvalue weighted by Crippen LogP contribution is 2.48. The predicted octanol–water partition coefficient (Wildman–Crippen LogP) is 5.80. The molecular formula is C29H35Cl2N5O3. The highest BCUT2D eigenvalue weighted by atomic mass is 35.5. The second kappa shape index (κ2) is 12.3. The van der Waals surface area contributed by atoms with Crippen LogP contribution in [0, 0.1) is 0 Å². The molecular weight excluding hydrogens is 537 g/mol. The van der Waals surface area contributed by atoms with E-state index in [0.29, 0.717) is 33.7 Å². The second-order valence-electron chi connectivity index (χ2n) is 9.94. The van der Waals surface area contributed by atoms with Crippen molar-refractivity contribution in [2.75, 3.05) is 58.7 Å². The van der Waals surface area contributed by atoms with Crippen LogP contribution in [0.1, 0.15) is 29.2 Å². The minimum absolute atomic E-state index is 0.0539. The molecule has 8 nitrogen and oxygen atoms in total. The zero-order valence-electron chi connectivity index (χ0n) is 23.0. The molecule has 39 heavy (non-hydrogen) atoms. The van der Waals surface area contributed by atoms with Crippen LogP contribution in [0.15, 0.2) is 36.9 Å². The van der Waals surface area contributed by atoms with Gasteiger partial charge in [0.2, 0.25) is 5.91 Å². The number of methoxy groups -OCH3 is 2. The van der Waals surface area contributed by atoms with E-state index in [1.54, 1.807) is 20.3 Å². The normalized spacial score (nSPS) is 14.6. The van der Waals surface area contributed by atoms with Crippen LogP contribution >= 0.6 is 23.2 Å². The number of H-pyrrole nitrogens is 1. The van der Waals surface area contributed by atoms with Gasteiger partial charge < -0.3 is 24.6 Å². The summed E-state index contributed by atoms with van der Waals surface area (Å²) in [5.41, 5.74) is 6.36. The van der Waals surface area contributed by atoms with Crippen molar-refractivity contribution in [2.24, 2.45) is 0 Å². The molecule has 0 spiro atoms. The number of likely N-dealkylation sites (N-methyl/N-ethyl adjacent to an activating group) is 2. The summed E-state index contributed by atoms with van der Waals surface area (Å²) in [4.78, 5) is 16.6. The first-order valence-electron chi connectivity index (χ1n) is 12.8. The van der Waals surface area contributed by atoms with Crippen molar-refractivity contribution in [1.29, 1.82) is 0 Å². The Balaban J connectivity index is 1.71. The molecule has 0 bridgehead atoms. The number of carbonyl (C=O) groups is 1. The molecule has 1 aliphatic rings. The average Bonchev–Trinajstić information content (AvgIpc) is 3.35. The fourth-order valence-corrected chi connectivity index (χ4v) is 5.79. The molecule has 1 heterocycles. The van der Waals surface area contributed by atoms with Crippen molar-refractivity contribution in [1.82, 2.24) is 15.1 Å². The maximum Gasteiger partial charge on any atom is 0.247 e. The Hall–Kier alpha value is -3.20. The van der Waals surface area contributed by atoms with Gasteiger partial charge in [-0.05, 0) is 63.6 Å². The first-order valence-corrected chi connectivity index (χ1v) is 13.5. The number of anilines is 2. The van der Waals surface area contributed by atoms with E-state index in [0.717, 1.165) is 59.7 Å². The predicted molar refractivity (Wildman–Crippen MR) is 159 cm³/mol. The smallest absolute Gasteiger partial charge is 0.247 e. The Morgan fingerprint density at radius 2 is 1.85 bits per heavy atom. The number of benzene rings is 2. The molecule has 2 aromatic carbocycles. The Labute approximate surface area is 239 Å². The molecule has 0 fully saturated rings. The van der Waals surface area contributed by atoms with Gasteiger partial charge in [0.15, 0.2) is 0 Å². The lowest BCUT2D eigenvalue weighted by Gasteiger charge is -2.26. The summed E-state index contributed by atoms with van der Waals surface area (Å²) < 4.78 is 11.0. The van der Waals surface area contributed by atoms with Crippen LogP contribution in [0.5, 0.6) is 11.5 Å². The Morgan fingerprint density at radius 3 is 2.46 bits per heavy atom. The van der Waals surface area contributed by atoms with Gasteiger partial charge in [0.25, 0.3) is 0 Å². The molecule has 4 rings (SSSR count). The van der Waals surface area contributed by atoms with E-state index < -0.39 is 0 Å². The monoisotopic (exact) mass is 571 g/mol. The van der Waals surface area contributed by atoms with E-state index in [9.17, 15) is 4.79 Å². The van der Waals surface area contributed by atoms with Crippen LogP contribution in [-0.4, -0.2) is 69.5 Å². The van der Waals surface area contributed by atoms with Gasteiger partial charge >= 0.3 is 0 Å². The third kappa shape index (κ3) is 6.03. The number of hydrogen-bond acceptors (Lipinski definition) is 6. The average molecular weight is 573 g/mol. The summed E-state index contributed by atoms with van der Waals surface area (Å²) in [5.74, 6) is 0.840. The van der Waals surface area contributed by atoms with E-state index in [-0.39, 0.29) is 11.8 Å². The molecule has 1 atom stereocenters. The molecule has 3 aromatic rings.